The van der Waals surface area contributed by atoms with Crippen LogP contribution in [0.1, 0.15) is 68.4 Å². The summed E-state index contributed by atoms with van der Waals surface area (Å²) in [6.07, 6.45) is 6.98. The largest absolute Gasteiger partial charge is 0.493 e. The van der Waals surface area contributed by atoms with Crippen LogP contribution in [-0.2, 0) is 14.3 Å². The maximum Gasteiger partial charge on any atom is 0.337 e. The topological polar surface area (TPSA) is 73.9 Å². The number of dihydropyridines is 1. The van der Waals surface area contributed by atoms with E-state index in [9.17, 15) is 9.59 Å². The third-order valence-electron chi connectivity index (χ3n) is 7.95. The third-order valence-corrected chi connectivity index (χ3v) is 8.70. The summed E-state index contributed by atoms with van der Waals surface area (Å²) in [5, 5.41) is 3.46. The number of carbonyl (C=O) groups is 2. The molecule has 2 aromatic rings. The molecule has 1 heterocycles. The molecular formula is C31H35NO5S. The normalized spacial score (nSPS) is 21.7. The van der Waals surface area contributed by atoms with Crippen molar-refractivity contribution in [1.29, 1.82) is 0 Å². The van der Waals surface area contributed by atoms with Crippen LogP contribution in [0.3, 0.4) is 0 Å². The lowest BCUT2D eigenvalue weighted by Gasteiger charge is -2.37. The monoisotopic (exact) mass is 533 g/mol. The van der Waals surface area contributed by atoms with Gasteiger partial charge in [-0.1, -0.05) is 18.2 Å². The first-order valence-corrected chi connectivity index (χ1v) is 14.5. The van der Waals surface area contributed by atoms with Crippen molar-refractivity contribution in [3.05, 3.63) is 76.1 Å². The number of allylic oxidation sites excluding steroid dienone is 3. The highest BCUT2D eigenvalue weighted by atomic mass is 32.2. The second-order valence-electron chi connectivity index (χ2n) is 10.2. The first kappa shape index (κ1) is 26.4. The summed E-state index contributed by atoms with van der Waals surface area (Å²) < 4.78 is 16.9. The molecule has 5 rings (SSSR count). The molecule has 0 unspecified atom stereocenters. The quantitative estimate of drug-likeness (QED) is 0.332. The summed E-state index contributed by atoms with van der Waals surface area (Å²) in [4.78, 5) is 28.6. The van der Waals surface area contributed by atoms with Gasteiger partial charge in [-0.25, -0.2) is 4.79 Å². The van der Waals surface area contributed by atoms with Gasteiger partial charge in [-0.15, -0.1) is 11.8 Å². The molecule has 3 aliphatic rings. The van der Waals surface area contributed by atoms with Gasteiger partial charge in [0.05, 0.1) is 19.8 Å². The number of hydrogen-bond acceptors (Lipinski definition) is 7. The highest BCUT2D eigenvalue weighted by Crippen LogP contribution is 2.47. The molecule has 0 bridgehead atoms. The molecule has 0 spiro atoms. The van der Waals surface area contributed by atoms with Crippen LogP contribution in [0.2, 0.25) is 0 Å². The van der Waals surface area contributed by atoms with Crippen molar-refractivity contribution >= 4 is 23.5 Å². The number of methoxy groups -OCH3 is 2. The number of ether oxygens (including phenoxy) is 3. The minimum Gasteiger partial charge on any atom is -0.493 e. The van der Waals surface area contributed by atoms with Gasteiger partial charge in [0.2, 0.25) is 0 Å². The Morgan fingerprint density at radius 3 is 2.29 bits per heavy atom. The van der Waals surface area contributed by atoms with Crippen LogP contribution in [0.5, 0.6) is 11.5 Å². The average molecular weight is 534 g/mol. The number of nitrogens with one attached hydrogen (secondary N) is 1. The Kier molecular flexibility index (Phi) is 7.84. The lowest BCUT2D eigenvalue weighted by atomic mass is 9.71. The van der Waals surface area contributed by atoms with Crippen molar-refractivity contribution in [3.8, 4) is 11.5 Å². The molecule has 2 aromatic carbocycles. The van der Waals surface area contributed by atoms with Crippen molar-refractivity contribution in [2.45, 2.75) is 68.3 Å². The van der Waals surface area contributed by atoms with Gasteiger partial charge >= 0.3 is 5.97 Å². The van der Waals surface area contributed by atoms with Crippen LogP contribution >= 0.6 is 11.8 Å². The van der Waals surface area contributed by atoms with Crippen molar-refractivity contribution in [2.24, 2.45) is 0 Å². The summed E-state index contributed by atoms with van der Waals surface area (Å²) >= 11 is 1.67. The van der Waals surface area contributed by atoms with Crippen LogP contribution in [0, 0.1) is 0 Å². The molecule has 7 heteroatoms. The number of hydrogen-bond donors (Lipinski definition) is 1. The second kappa shape index (κ2) is 11.3. The fraction of sp³-hybridized carbons (Fsp3) is 0.419. The smallest absolute Gasteiger partial charge is 0.337 e. The van der Waals surface area contributed by atoms with Gasteiger partial charge in [0.15, 0.2) is 17.3 Å². The van der Waals surface area contributed by atoms with Crippen LogP contribution < -0.4 is 14.8 Å². The molecule has 6 nitrogen and oxygen atoms in total. The van der Waals surface area contributed by atoms with E-state index >= 15 is 0 Å². The number of thioether (sulfide) groups is 1. The summed E-state index contributed by atoms with van der Waals surface area (Å²) in [5.41, 5.74) is 4.83. The first-order valence-electron chi connectivity index (χ1n) is 13.2. The SMILES string of the molecule is COc1ccc([C@H]2CC(=O)C3=C(C2)NC(C)=C(C(=O)OC2CCCC2)[C@H]3c2ccc(SC)cc2)cc1OC. The Morgan fingerprint density at radius 2 is 1.63 bits per heavy atom. The second-order valence-corrected chi connectivity index (χ2v) is 11.1. The maximum atomic E-state index is 13.9. The van der Waals surface area contributed by atoms with Crippen molar-refractivity contribution in [1.82, 2.24) is 5.32 Å². The number of rotatable bonds is 7. The highest BCUT2D eigenvalue weighted by Gasteiger charge is 2.42. The van der Waals surface area contributed by atoms with Crippen LogP contribution in [0.25, 0.3) is 0 Å². The molecule has 1 N–H and O–H groups in total. The molecular weight excluding hydrogens is 498 g/mol. The van der Waals surface area contributed by atoms with E-state index < -0.39 is 5.92 Å². The number of benzene rings is 2. The number of ketones is 1. The minimum absolute atomic E-state index is 0.00661. The molecule has 0 amide bonds. The van der Waals surface area contributed by atoms with Crippen LogP contribution in [0.15, 0.2) is 69.9 Å². The molecule has 1 saturated carbocycles. The molecule has 0 saturated heterocycles. The lowest BCUT2D eigenvalue weighted by molar-refractivity contribution is -0.144. The Morgan fingerprint density at radius 1 is 0.947 bits per heavy atom. The van der Waals surface area contributed by atoms with E-state index in [0.717, 1.165) is 53.1 Å². The molecule has 0 radical (unpaired) electrons. The van der Waals surface area contributed by atoms with Crippen molar-refractivity contribution in [2.75, 3.05) is 20.5 Å². The van der Waals surface area contributed by atoms with E-state index in [2.05, 4.69) is 17.4 Å². The predicted molar refractivity (Wildman–Crippen MR) is 149 cm³/mol. The average Bonchev–Trinajstić information content (AvgIpc) is 3.44. The van der Waals surface area contributed by atoms with E-state index in [1.54, 1.807) is 26.0 Å². The summed E-state index contributed by atoms with van der Waals surface area (Å²) in [5.74, 6) is 0.585. The number of Topliss-reactive ketones (excluding diaryl/α,β-unsaturated/α-hetero) is 1. The highest BCUT2D eigenvalue weighted by molar-refractivity contribution is 7.98. The van der Waals surface area contributed by atoms with Crippen LogP contribution in [0.4, 0.5) is 0 Å². The van der Waals surface area contributed by atoms with Gasteiger partial charge in [0.25, 0.3) is 0 Å². The third kappa shape index (κ3) is 5.08. The summed E-state index contributed by atoms with van der Waals surface area (Å²) in [7, 11) is 3.23. The summed E-state index contributed by atoms with van der Waals surface area (Å²) in [6, 6.07) is 14.0. The Balaban J connectivity index is 1.52. The lowest BCUT2D eigenvalue weighted by Crippen LogP contribution is -2.36. The summed E-state index contributed by atoms with van der Waals surface area (Å²) in [6.45, 7) is 1.92. The zero-order chi connectivity index (χ0) is 26.8. The van der Waals surface area contributed by atoms with E-state index in [-0.39, 0.29) is 23.8 Å². The molecule has 0 aromatic heterocycles. The van der Waals surface area contributed by atoms with E-state index in [4.69, 9.17) is 14.2 Å². The van der Waals surface area contributed by atoms with E-state index in [0.29, 0.717) is 35.5 Å². The Bertz CT molecular complexity index is 1290. The van der Waals surface area contributed by atoms with Gasteiger partial charge in [-0.3, -0.25) is 4.79 Å². The standard InChI is InChI=1S/C31H35NO5S/c1-18-28(31(34)37-22-7-5-6-8-22)29(19-9-12-23(38-4)13-10-19)30-24(32-18)15-21(16-25(30)33)20-11-14-26(35-2)27(17-20)36-3/h9-14,17,21-22,29,32H,5-8,15-16H2,1-4H3/t21-,29-/m1/s1. The molecule has 38 heavy (non-hydrogen) atoms. The molecule has 200 valence electrons. The van der Waals surface area contributed by atoms with E-state index in [1.807, 2.05) is 43.5 Å². The molecule has 2 atom stereocenters. The van der Waals surface area contributed by atoms with Gasteiger partial charge in [-0.2, -0.15) is 0 Å². The van der Waals surface area contributed by atoms with Gasteiger partial charge < -0.3 is 19.5 Å². The fourth-order valence-electron chi connectivity index (χ4n) is 6.00. The van der Waals surface area contributed by atoms with Gasteiger partial charge in [0.1, 0.15) is 6.10 Å². The van der Waals surface area contributed by atoms with Crippen molar-refractivity contribution < 1.29 is 23.8 Å². The maximum absolute atomic E-state index is 13.9. The zero-order valence-corrected chi connectivity index (χ0v) is 23.3. The number of carbonyl (C=O) groups excluding carboxylic acids is 2. The Hall–Kier alpha value is -3.19. The van der Waals surface area contributed by atoms with Gasteiger partial charge in [-0.05, 0) is 86.6 Å². The number of esters is 1. The zero-order valence-electron chi connectivity index (χ0n) is 22.5. The van der Waals surface area contributed by atoms with E-state index in [1.165, 1.54) is 0 Å². The molecule has 2 aliphatic carbocycles. The fourth-order valence-corrected chi connectivity index (χ4v) is 6.41. The molecule has 1 aliphatic heterocycles. The van der Waals surface area contributed by atoms with Gasteiger partial charge in [0, 0.05) is 34.2 Å². The minimum atomic E-state index is -0.449. The van der Waals surface area contributed by atoms with Crippen LogP contribution in [-0.4, -0.2) is 38.3 Å². The van der Waals surface area contributed by atoms with Crippen molar-refractivity contribution in [3.63, 3.8) is 0 Å². The molecule has 1 fully saturated rings. The Labute approximate surface area is 228 Å². The first-order chi connectivity index (χ1) is 18.4. The predicted octanol–water partition coefficient (Wildman–Crippen LogP) is 6.27.